The fourth-order valence-electron chi connectivity index (χ4n) is 2.12. The van der Waals surface area contributed by atoms with E-state index in [0.29, 0.717) is 12.8 Å². The minimum Gasteiger partial charge on any atom is -0.468 e. The zero-order valence-electron chi connectivity index (χ0n) is 11.6. The Labute approximate surface area is 118 Å². The second-order valence-corrected chi connectivity index (χ2v) is 6.01. The van der Waals surface area contributed by atoms with Crippen LogP contribution in [0.2, 0.25) is 0 Å². The fourth-order valence-corrected chi connectivity index (χ4v) is 3.38. The van der Waals surface area contributed by atoms with Gasteiger partial charge in [0.2, 0.25) is 0 Å². The van der Waals surface area contributed by atoms with Crippen LogP contribution in [0.5, 0.6) is 0 Å². The van der Waals surface area contributed by atoms with Crippen LogP contribution in [0.1, 0.15) is 32.6 Å². The van der Waals surface area contributed by atoms with Gasteiger partial charge in [0, 0.05) is 6.04 Å². The van der Waals surface area contributed by atoms with Crippen LogP contribution in [-0.4, -0.2) is 51.1 Å². The number of ether oxygens (including phenoxy) is 2. The molecular formula is C11H20N2O6S. The summed E-state index contributed by atoms with van der Waals surface area (Å²) in [7, 11) is -2.94. The summed E-state index contributed by atoms with van der Waals surface area (Å²) < 4.78 is 36.1. The highest BCUT2D eigenvalue weighted by molar-refractivity contribution is 7.87. The van der Waals surface area contributed by atoms with Crippen molar-refractivity contribution in [3.05, 3.63) is 0 Å². The molecule has 1 aliphatic carbocycles. The van der Waals surface area contributed by atoms with Crippen LogP contribution in [-0.2, 0) is 24.5 Å². The lowest BCUT2D eigenvalue weighted by Crippen LogP contribution is -2.49. The maximum Gasteiger partial charge on any atom is 0.421 e. The molecule has 0 saturated heterocycles. The highest BCUT2D eigenvalue weighted by Crippen LogP contribution is 2.25. The first kappa shape index (κ1) is 16.7. The lowest BCUT2D eigenvalue weighted by Gasteiger charge is -2.26. The summed E-state index contributed by atoms with van der Waals surface area (Å²) in [5.74, 6) is -0.675. The van der Waals surface area contributed by atoms with Gasteiger partial charge in [0.15, 0.2) is 0 Å². The molecule has 116 valence electrons. The largest absolute Gasteiger partial charge is 0.468 e. The molecule has 9 heteroatoms. The van der Waals surface area contributed by atoms with E-state index in [4.69, 9.17) is 0 Å². The molecule has 1 rings (SSSR count). The van der Waals surface area contributed by atoms with Gasteiger partial charge in [-0.2, -0.15) is 12.7 Å². The monoisotopic (exact) mass is 308 g/mol. The van der Waals surface area contributed by atoms with E-state index in [0.717, 1.165) is 17.1 Å². The van der Waals surface area contributed by atoms with Crippen LogP contribution in [0.4, 0.5) is 4.79 Å². The van der Waals surface area contributed by atoms with Crippen LogP contribution in [0.3, 0.4) is 0 Å². The van der Waals surface area contributed by atoms with E-state index in [1.807, 2.05) is 0 Å². The Morgan fingerprint density at radius 1 is 1.30 bits per heavy atom. The van der Waals surface area contributed by atoms with Crippen molar-refractivity contribution in [2.45, 2.75) is 38.6 Å². The molecule has 0 aromatic rings. The van der Waals surface area contributed by atoms with Gasteiger partial charge in [0.25, 0.3) is 0 Å². The summed E-state index contributed by atoms with van der Waals surface area (Å²) in [5, 5.41) is 0. The molecule has 0 aliphatic heterocycles. The molecule has 0 unspecified atom stereocenters. The number of hydrogen-bond acceptors (Lipinski definition) is 6. The van der Waals surface area contributed by atoms with Crippen LogP contribution < -0.4 is 4.72 Å². The summed E-state index contributed by atoms with van der Waals surface area (Å²) in [6, 6.07) is -0.305. The Kier molecular flexibility index (Phi) is 6.21. The van der Waals surface area contributed by atoms with Crippen LogP contribution >= 0.6 is 0 Å². The average molecular weight is 308 g/mol. The van der Waals surface area contributed by atoms with Gasteiger partial charge in [-0.1, -0.05) is 12.8 Å². The predicted octanol–water partition coefficient (Wildman–Crippen LogP) is 0.395. The summed E-state index contributed by atoms with van der Waals surface area (Å²) in [6.45, 7) is 1.20. The number of carbonyl (C=O) groups excluding carboxylic acids is 2. The second kappa shape index (κ2) is 7.44. The third kappa shape index (κ3) is 4.64. The van der Waals surface area contributed by atoms with Gasteiger partial charge in [-0.15, -0.1) is 0 Å². The molecule has 1 amide bonds. The Morgan fingerprint density at radius 3 is 2.40 bits per heavy atom. The van der Waals surface area contributed by atoms with Crippen molar-refractivity contribution in [2.75, 3.05) is 20.3 Å². The third-order valence-electron chi connectivity index (χ3n) is 3.04. The van der Waals surface area contributed by atoms with Gasteiger partial charge in [-0.25, -0.2) is 9.52 Å². The quantitative estimate of drug-likeness (QED) is 0.712. The highest BCUT2D eigenvalue weighted by Gasteiger charge is 2.35. The number of esters is 1. The molecule has 0 aromatic heterocycles. The first-order valence-corrected chi connectivity index (χ1v) is 7.88. The van der Waals surface area contributed by atoms with Crippen molar-refractivity contribution < 1.29 is 27.5 Å². The summed E-state index contributed by atoms with van der Waals surface area (Å²) in [5.41, 5.74) is 0. The van der Waals surface area contributed by atoms with E-state index in [9.17, 15) is 18.0 Å². The average Bonchev–Trinajstić information content (AvgIpc) is 2.88. The molecule has 1 saturated carbocycles. The Morgan fingerprint density at radius 2 is 1.90 bits per heavy atom. The SMILES string of the molecule is CCOC(=O)NS(=O)(=O)N(CC(=O)OC)C1CCCC1. The Hall–Kier alpha value is -1.35. The highest BCUT2D eigenvalue weighted by atomic mass is 32.2. The van der Waals surface area contributed by atoms with Gasteiger partial charge in [0.05, 0.1) is 13.7 Å². The van der Waals surface area contributed by atoms with Crippen molar-refractivity contribution in [1.82, 2.24) is 9.03 Å². The maximum absolute atomic E-state index is 12.2. The minimum atomic E-state index is -4.12. The number of methoxy groups -OCH3 is 1. The lowest BCUT2D eigenvalue weighted by atomic mass is 10.2. The minimum absolute atomic E-state index is 0.0573. The topological polar surface area (TPSA) is 102 Å². The van der Waals surface area contributed by atoms with Gasteiger partial charge in [-0.05, 0) is 19.8 Å². The second-order valence-electron chi connectivity index (χ2n) is 4.39. The van der Waals surface area contributed by atoms with Crippen molar-refractivity contribution >= 4 is 22.3 Å². The number of hydrogen-bond donors (Lipinski definition) is 1. The molecule has 8 nitrogen and oxygen atoms in total. The fraction of sp³-hybridized carbons (Fsp3) is 0.818. The summed E-state index contributed by atoms with van der Waals surface area (Å²) >= 11 is 0. The standard InChI is InChI=1S/C11H20N2O6S/c1-3-19-11(15)12-20(16,17)13(8-10(14)18-2)9-6-4-5-7-9/h9H,3-8H2,1-2H3,(H,12,15). The molecule has 0 radical (unpaired) electrons. The first-order valence-electron chi connectivity index (χ1n) is 6.44. The van der Waals surface area contributed by atoms with Gasteiger partial charge in [0.1, 0.15) is 6.54 Å². The van der Waals surface area contributed by atoms with E-state index in [-0.39, 0.29) is 12.6 Å². The molecule has 0 bridgehead atoms. The van der Waals surface area contributed by atoms with Crippen molar-refractivity contribution in [2.24, 2.45) is 0 Å². The van der Waals surface area contributed by atoms with E-state index in [1.165, 1.54) is 7.11 Å². The van der Waals surface area contributed by atoms with Crippen LogP contribution in [0, 0.1) is 0 Å². The number of rotatable bonds is 6. The molecule has 0 spiro atoms. The van der Waals surface area contributed by atoms with E-state index < -0.39 is 28.8 Å². The van der Waals surface area contributed by atoms with E-state index in [1.54, 1.807) is 11.6 Å². The van der Waals surface area contributed by atoms with Crippen molar-refractivity contribution in [1.29, 1.82) is 0 Å². The molecule has 1 fully saturated rings. The third-order valence-corrected chi connectivity index (χ3v) is 4.51. The number of amides is 1. The number of nitrogens with zero attached hydrogens (tertiary/aromatic N) is 1. The van der Waals surface area contributed by atoms with Crippen molar-refractivity contribution in [3.8, 4) is 0 Å². The van der Waals surface area contributed by atoms with Gasteiger partial charge in [-0.3, -0.25) is 4.79 Å². The van der Waals surface area contributed by atoms with Crippen LogP contribution in [0.25, 0.3) is 0 Å². The predicted molar refractivity (Wildman–Crippen MR) is 70.1 cm³/mol. The Balaban J connectivity index is 2.84. The number of nitrogens with one attached hydrogen (secondary N) is 1. The zero-order chi connectivity index (χ0) is 15.2. The van der Waals surface area contributed by atoms with E-state index in [2.05, 4.69) is 9.47 Å². The normalized spacial score (nSPS) is 16.1. The molecular weight excluding hydrogens is 288 g/mol. The van der Waals surface area contributed by atoms with Crippen LogP contribution in [0.15, 0.2) is 0 Å². The maximum atomic E-state index is 12.2. The Bertz CT molecular complexity index is 444. The zero-order valence-corrected chi connectivity index (χ0v) is 12.4. The molecule has 1 N–H and O–H groups in total. The summed E-state index contributed by atoms with van der Waals surface area (Å²) in [4.78, 5) is 22.6. The van der Waals surface area contributed by atoms with Crippen molar-refractivity contribution in [3.63, 3.8) is 0 Å². The molecule has 20 heavy (non-hydrogen) atoms. The lowest BCUT2D eigenvalue weighted by molar-refractivity contribution is -0.141. The number of carbonyl (C=O) groups is 2. The molecule has 0 aromatic carbocycles. The summed E-state index contributed by atoms with van der Waals surface area (Å²) in [6.07, 6.45) is 2.02. The molecule has 0 atom stereocenters. The van der Waals surface area contributed by atoms with E-state index >= 15 is 0 Å². The van der Waals surface area contributed by atoms with Gasteiger partial charge >= 0.3 is 22.3 Å². The van der Waals surface area contributed by atoms with Gasteiger partial charge < -0.3 is 9.47 Å². The first-order chi connectivity index (χ1) is 9.40. The molecule has 0 heterocycles. The smallest absolute Gasteiger partial charge is 0.421 e. The molecule has 1 aliphatic rings.